The topological polar surface area (TPSA) is 34.1 Å². The van der Waals surface area contributed by atoms with Crippen LogP contribution < -0.4 is 0 Å². The Kier molecular flexibility index (Phi) is 5.62. The van der Waals surface area contributed by atoms with Gasteiger partial charge < -0.3 is 0 Å². The van der Waals surface area contributed by atoms with Crippen LogP contribution in [0.4, 0.5) is 0 Å². The fourth-order valence-corrected chi connectivity index (χ4v) is 8.00. The number of hydrogen-bond acceptors (Lipinski definition) is 2. The van der Waals surface area contributed by atoms with Crippen LogP contribution >= 0.6 is 0 Å². The molecule has 6 atom stereocenters. The summed E-state index contributed by atoms with van der Waals surface area (Å²) in [6.45, 7) is 6.97. The molecule has 0 heterocycles. The summed E-state index contributed by atoms with van der Waals surface area (Å²) >= 11 is 0. The van der Waals surface area contributed by atoms with Crippen molar-refractivity contribution >= 4 is 11.6 Å². The van der Waals surface area contributed by atoms with Crippen LogP contribution in [0.25, 0.3) is 0 Å². The van der Waals surface area contributed by atoms with E-state index in [1.807, 2.05) is 0 Å². The minimum atomic E-state index is -0.460. The molecule has 2 heteroatoms. The predicted molar refractivity (Wildman–Crippen MR) is 114 cm³/mol. The zero-order chi connectivity index (χ0) is 19.9. The van der Waals surface area contributed by atoms with Crippen LogP contribution in [0.1, 0.15) is 104 Å². The van der Waals surface area contributed by atoms with Crippen molar-refractivity contribution in [2.45, 2.75) is 104 Å². The summed E-state index contributed by atoms with van der Waals surface area (Å²) in [7, 11) is 0. The van der Waals surface area contributed by atoms with Gasteiger partial charge in [-0.15, -0.1) is 0 Å². The highest BCUT2D eigenvalue weighted by Crippen LogP contribution is 2.66. The number of ketones is 2. The van der Waals surface area contributed by atoms with Crippen LogP contribution in [-0.2, 0) is 9.59 Å². The van der Waals surface area contributed by atoms with E-state index in [0.717, 1.165) is 30.3 Å². The third kappa shape index (κ3) is 3.05. The molecular weight excluding hydrogens is 344 g/mol. The van der Waals surface area contributed by atoms with Crippen molar-refractivity contribution in [3.05, 3.63) is 11.6 Å². The third-order valence-electron chi connectivity index (χ3n) is 9.70. The first-order valence-electron chi connectivity index (χ1n) is 12.2. The molecule has 0 bridgehead atoms. The summed E-state index contributed by atoms with van der Waals surface area (Å²) in [6, 6.07) is 0. The summed E-state index contributed by atoms with van der Waals surface area (Å²) in [5.41, 5.74) is 1.18. The maximum atomic E-state index is 12.8. The van der Waals surface area contributed by atoms with Crippen LogP contribution in [0.15, 0.2) is 11.6 Å². The SMILES string of the molecule is CCCCCCCCC1CCC2C3CCC4=CC(=O)C(=O)C4(C)C3CCC12C. The van der Waals surface area contributed by atoms with Crippen molar-refractivity contribution in [3.8, 4) is 0 Å². The minimum absolute atomic E-state index is 0.0950. The van der Waals surface area contributed by atoms with Crippen LogP contribution in [0, 0.1) is 34.5 Å². The van der Waals surface area contributed by atoms with Gasteiger partial charge in [-0.3, -0.25) is 9.59 Å². The van der Waals surface area contributed by atoms with Gasteiger partial charge in [0.05, 0.1) is 5.41 Å². The number of unbranched alkanes of at least 4 members (excludes halogenated alkanes) is 5. The smallest absolute Gasteiger partial charge is 0.222 e. The van der Waals surface area contributed by atoms with Crippen LogP contribution in [-0.4, -0.2) is 11.6 Å². The highest BCUT2D eigenvalue weighted by molar-refractivity contribution is 6.46. The second-order valence-corrected chi connectivity index (χ2v) is 10.9. The van der Waals surface area contributed by atoms with Gasteiger partial charge >= 0.3 is 0 Å². The molecule has 28 heavy (non-hydrogen) atoms. The zero-order valence-corrected chi connectivity index (χ0v) is 18.4. The molecule has 0 radical (unpaired) electrons. The Morgan fingerprint density at radius 2 is 1.68 bits per heavy atom. The molecule has 0 aliphatic heterocycles. The fraction of sp³-hybridized carbons (Fsp3) is 0.846. The van der Waals surface area contributed by atoms with E-state index in [-0.39, 0.29) is 11.6 Å². The Bertz CT molecular complexity index is 661. The standard InChI is InChI=1S/C26H40O2/c1-4-5-6-7-8-9-10-18-12-14-21-20-13-11-19-17-23(27)24(28)26(19,3)22(20)15-16-25(18,21)2/h17-18,20-22H,4-16H2,1-3H3. The number of Topliss-reactive ketones (excluding diaryl/α,β-unsaturated/α-hetero) is 1. The van der Waals surface area contributed by atoms with Crippen molar-refractivity contribution in [2.75, 3.05) is 0 Å². The lowest BCUT2D eigenvalue weighted by Crippen LogP contribution is -2.51. The molecule has 0 amide bonds. The van der Waals surface area contributed by atoms with E-state index >= 15 is 0 Å². The van der Waals surface area contributed by atoms with Gasteiger partial charge in [0.25, 0.3) is 0 Å². The first kappa shape index (κ1) is 20.4. The Morgan fingerprint density at radius 1 is 0.929 bits per heavy atom. The van der Waals surface area contributed by atoms with Gasteiger partial charge in [0.1, 0.15) is 0 Å². The van der Waals surface area contributed by atoms with E-state index in [4.69, 9.17) is 0 Å². The van der Waals surface area contributed by atoms with Gasteiger partial charge in [-0.2, -0.15) is 0 Å². The van der Waals surface area contributed by atoms with E-state index < -0.39 is 5.41 Å². The maximum absolute atomic E-state index is 12.8. The molecule has 156 valence electrons. The van der Waals surface area contributed by atoms with Gasteiger partial charge in [0, 0.05) is 0 Å². The molecule has 2 nitrogen and oxygen atoms in total. The Morgan fingerprint density at radius 3 is 2.46 bits per heavy atom. The minimum Gasteiger partial charge on any atom is -0.289 e. The molecule has 0 saturated heterocycles. The predicted octanol–water partition coefficient (Wildman–Crippen LogP) is 6.67. The highest BCUT2D eigenvalue weighted by atomic mass is 16.2. The van der Waals surface area contributed by atoms with Gasteiger partial charge in [-0.25, -0.2) is 0 Å². The first-order valence-corrected chi connectivity index (χ1v) is 12.2. The van der Waals surface area contributed by atoms with Gasteiger partial charge in [0.2, 0.25) is 11.6 Å². The molecule has 3 fully saturated rings. The Labute approximate surface area is 171 Å². The average molecular weight is 385 g/mol. The second kappa shape index (κ2) is 7.73. The summed E-state index contributed by atoms with van der Waals surface area (Å²) in [4.78, 5) is 24.9. The number of allylic oxidation sites excluding steroid dienone is 2. The molecule has 4 aliphatic carbocycles. The quantitative estimate of drug-likeness (QED) is 0.362. The van der Waals surface area contributed by atoms with Crippen LogP contribution in [0.2, 0.25) is 0 Å². The molecule has 3 saturated carbocycles. The van der Waals surface area contributed by atoms with Gasteiger partial charge in [0.15, 0.2) is 0 Å². The van der Waals surface area contributed by atoms with E-state index in [1.54, 1.807) is 6.08 Å². The van der Waals surface area contributed by atoms with E-state index in [0.29, 0.717) is 17.3 Å². The molecule has 0 N–H and O–H groups in total. The number of hydrogen-bond donors (Lipinski definition) is 0. The lowest BCUT2D eigenvalue weighted by atomic mass is 9.48. The van der Waals surface area contributed by atoms with Crippen molar-refractivity contribution in [1.29, 1.82) is 0 Å². The van der Waals surface area contributed by atoms with E-state index in [2.05, 4.69) is 20.8 Å². The molecule has 0 aromatic heterocycles. The number of rotatable bonds is 7. The monoisotopic (exact) mass is 384 g/mol. The van der Waals surface area contributed by atoms with Crippen LogP contribution in [0.3, 0.4) is 0 Å². The number of carbonyl (C=O) groups excluding carboxylic acids is 2. The summed E-state index contributed by atoms with van der Waals surface area (Å²) < 4.78 is 0. The van der Waals surface area contributed by atoms with Crippen molar-refractivity contribution in [3.63, 3.8) is 0 Å². The molecule has 0 aromatic carbocycles. The first-order chi connectivity index (χ1) is 13.4. The van der Waals surface area contributed by atoms with Crippen molar-refractivity contribution < 1.29 is 9.59 Å². The number of fused-ring (bicyclic) bond motifs is 5. The Balaban J connectivity index is 1.42. The Hall–Kier alpha value is -0.920. The van der Waals surface area contributed by atoms with Crippen LogP contribution in [0.5, 0.6) is 0 Å². The summed E-state index contributed by atoms with van der Waals surface area (Å²) in [5, 5.41) is 0. The largest absolute Gasteiger partial charge is 0.289 e. The van der Waals surface area contributed by atoms with E-state index in [9.17, 15) is 9.59 Å². The molecule has 4 aliphatic rings. The normalized spacial score (nSPS) is 42.2. The van der Waals surface area contributed by atoms with E-state index in [1.165, 1.54) is 70.6 Å². The molecular formula is C26H40O2. The van der Waals surface area contributed by atoms with Gasteiger partial charge in [-0.1, -0.05) is 57.9 Å². The molecule has 4 rings (SSSR count). The van der Waals surface area contributed by atoms with Crippen molar-refractivity contribution in [2.24, 2.45) is 34.5 Å². The molecule has 0 spiro atoms. The molecule has 0 aromatic rings. The molecule has 6 unspecified atom stereocenters. The lowest BCUT2D eigenvalue weighted by molar-refractivity contribution is -0.143. The lowest BCUT2D eigenvalue weighted by Gasteiger charge is -2.55. The second-order valence-electron chi connectivity index (χ2n) is 10.9. The zero-order valence-electron chi connectivity index (χ0n) is 18.4. The summed E-state index contributed by atoms with van der Waals surface area (Å²) in [5.74, 6) is 2.41. The van der Waals surface area contributed by atoms with Gasteiger partial charge in [-0.05, 0) is 87.0 Å². The van der Waals surface area contributed by atoms with Crippen molar-refractivity contribution in [1.82, 2.24) is 0 Å². The fourth-order valence-electron chi connectivity index (χ4n) is 8.00. The summed E-state index contributed by atoms with van der Waals surface area (Å²) in [6.07, 6.45) is 18.8. The maximum Gasteiger partial charge on any atom is 0.222 e. The average Bonchev–Trinajstić information content (AvgIpc) is 3.13. The third-order valence-corrected chi connectivity index (χ3v) is 9.70. The highest BCUT2D eigenvalue weighted by Gasteiger charge is 2.62. The number of carbonyl (C=O) groups is 2.